The molecule has 11 atom stereocenters. The molecule has 8 N–H and O–H groups in total. The van der Waals surface area contributed by atoms with Crippen molar-refractivity contribution in [2.75, 3.05) is 19.4 Å². The van der Waals surface area contributed by atoms with Crippen LogP contribution in [-0.2, 0) is 27.4 Å². The maximum Gasteiger partial charge on any atom is 0.521 e. The Bertz CT molecular complexity index is 1060. The average Bonchev–Trinajstić information content (AvgIpc) is 3.22. The fourth-order valence-corrected chi connectivity index (χ4v) is 5.87. The average molecular weight is 547 g/mol. The molecule has 1 aromatic heterocycles. The van der Waals surface area contributed by atoms with Crippen LogP contribution >= 0.6 is 15.9 Å². The summed E-state index contributed by atoms with van der Waals surface area (Å²) in [6, 6.07) is 0.969. The molecule has 3 rings (SSSR count). The van der Waals surface area contributed by atoms with Crippen LogP contribution in [0, 0.1) is 0 Å². The largest absolute Gasteiger partial charge is 0.521 e. The second-order valence-electron chi connectivity index (χ2n) is 7.80. The molecular formula is C16H25N2O15P2+. The van der Waals surface area contributed by atoms with Crippen molar-refractivity contribution in [2.24, 2.45) is 0 Å². The Morgan fingerprint density at radius 2 is 1.77 bits per heavy atom. The standard InChI is InChI=1S/C16H24N2O15P2/c19-3-6(20)14-12(24)11(23)8(31-14)5-34(27)33-35(28,29)30-4-7-10(22)13(25)15(32-7)18-2-1-9(21)17-16(18)26/h1-2,6-8,10-15,19-20,22-25H,3-5H2,(H-,17,21,26,28,29)/p+1/t6-,7-,8-,10-,11+,12-,13-,14+,15-/m1/s1. The molecule has 19 heteroatoms. The van der Waals surface area contributed by atoms with Gasteiger partial charge < -0.3 is 45.0 Å². The molecule has 2 saturated heterocycles. The van der Waals surface area contributed by atoms with Crippen LogP contribution in [0.3, 0.4) is 0 Å². The summed E-state index contributed by atoms with van der Waals surface area (Å²) in [5.74, 6) is 0. The van der Waals surface area contributed by atoms with Gasteiger partial charge in [0.2, 0.25) is 6.16 Å². The Hall–Kier alpha value is -1.43. The van der Waals surface area contributed by atoms with Crippen molar-refractivity contribution in [1.29, 1.82) is 0 Å². The zero-order valence-corrected chi connectivity index (χ0v) is 19.5. The summed E-state index contributed by atoms with van der Waals surface area (Å²) < 4.78 is 44.7. The summed E-state index contributed by atoms with van der Waals surface area (Å²) in [7, 11) is -8.07. The van der Waals surface area contributed by atoms with Crippen LogP contribution in [0.2, 0.25) is 0 Å². The van der Waals surface area contributed by atoms with Crippen LogP contribution < -0.4 is 11.2 Å². The van der Waals surface area contributed by atoms with Crippen molar-refractivity contribution in [3.63, 3.8) is 0 Å². The molecule has 2 unspecified atom stereocenters. The smallest absolute Gasteiger partial charge is 0.394 e. The number of H-pyrrole nitrogens is 1. The lowest BCUT2D eigenvalue weighted by atomic mass is 10.1. The second-order valence-corrected chi connectivity index (χ2v) is 10.7. The Labute approximate surface area is 196 Å². The van der Waals surface area contributed by atoms with Crippen LogP contribution in [0.25, 0.3) is 0 Å². The predicted molar refractivity (Wildman–Crippen MR) is 110 cm³/mol. The Morgan fingerprint density at radius 3 is 2.40 bits per heavy atom. The predicted octanol–water partition coefficient (Wildman–Crippen LogP) is -4.13. The van der Waals surface area contributed by atoms with Gasteiger partial charge in [-0.15, -0.1) is 0 Å². The van der Waals surface area contributed by atoms with Gasteiger partial charge in [0.25, 0.3) is 5.56 Å². The van der Waals surface area contributed by atoms with E-state index in [2.05, 4.69) is 8.83 Å². The number of ether oxygens (including phenoxy) is 2. The van der Waals surface area contributed by atoms with Gasteiger partial charge in [0.15, 0.2) is 6.23 Å². The molecule has 0 spiro atoms. The number of hydrogen-bond acceptors (Lipinski definition) is 14. The Morgan fingerprint density at radius 1 is 1.11 bits per heavy atom. The summed E-state index contributed by atoms with van der Waals surface area (Å²) in [4.78, 5) is 34.8. The molecule has 198 valence electrons. The topological polar surface area (TPSA) is 268 Å². The van der Waals surface area contributed by atoms with Crippen LogP contribution in [0.5, 0.6) is 0 Å². The van der Waals surface area contributed by atoms with Crippen LogP contribution in [0.4, 0.5) is 0 Å². The van der Waals surface area contributed by atoms with E-state index >= 15 is 0 Å². The van der Waals surface area contributed by atoms with Gasteiger partial charge in [-0.2, -0.15) is 0 Å². The number of phosphoric acid groups is 1. The SMILES string of the molecule is O=c1ccn([C@@H]2O[C@H](COP(=O)(O)O[P+](=O)C[C@H]3O[C@@H]([C@H](O)CO)[C@H](O)[C@H]3O)[C@@H](O)[C@H]2O)c(=O)[nH]1. The van der Waals surface area contributed by atoms with Crippen molar-refractivity contribution in [1.82, 2.24) is 9.55 Å². The lowest BCUT2D eigenvalue weighted by Gasteiger charge is -2.18. The fourth-order valence-electron chi connectivity index (χ4n) is 3.56. The van der Waals surface area contributed by atoms with E-state index in [9.17, 15) is 49.1 Å². The van der Waals surface area contributed by atoms with E-state index in [1.807, 2.05) is 4.98 Å². The van der Waals surface area contributed by atoms with E-state index in [0.717, 1.165) is 16.8 Å². The van der Waals surface area contributed by atoms with Crippen LogP contribution in [0.1, 0.15) is 6.23 Å². The lowest BCUT2D eigenvalue weighted by Crippen LogP contribution is -2.40. The molecule has 0 bridgehead atoms. The van der Waals surface area contributed by atoms with Crippen molar-refractivity contribution in [3.8, 4) is 0 Å². The molecule has 3 heterocycles. The zero-order valence-electron chi connectivity index (χ0n) is 17.7. The van der Waals surface area contributed by atoms with Gasteiger partial charge >= 0.3 is 21.5 Å². The molecular weight excluding hydrogens is 522 g/mol. The Balaban J connectivity index is 1.55. The highest BCUT2D eigenvalue weighted by Crippen LogP contribution is 2.53. The number of nitrogens with one attached hydrogen (secondary N) is 1. The van der Waals surface area contributed by atoms with Gasteiger partial charge in [-0.1, -0.05) is 0 Å². The summed E-state index contributed by atoms with van der Waals surface area (Å²) in [6.07, 6.45) is -13.5. The number of nitrogens with zero attached hydrogens (tertiary/aromatic N) is 1. The number of aromatic amines is 1. The molecule has 0 saturated carbocycles. The highest BCUT2D eigenvalue weighted by molar-refractivity contribution is 7.57. The zero-order chi connectivity index (χ0) is 26.1. The van der Waals surface area contributed by atoms with Crippen LogP contribution in [0.15, 0.2) is 21.9 Å². The molecule has 2 fully saturated rings. The van der Waals surface area contributed by atoms with E-state index in [0.29, 0.717) is 0 Å². The van der Waals surface area contributed by atoms with Crippen LogP contribution in [-0.4, -0.2) is 113 Å². The fraction of sp³-hybridized carbons (Fsp3) is 0.750. The number of aliphatic hydroxyl groups is 6. The Kier molecular flexibility index (Phi) is 9.10. The second kappa shape index (κ2) is 11.3. The van der Waals surface area contributed by atoms with Gasteiger partial charge in [0.1, 0.15) is 48.8 Å². The summed E-state index contributed by atoms with van der Waals surface area (Å²) in [5.41, 5.74) is -1.66. The van der Waals surface area contributed by atoms with E-state index < -0.39 is 102 Å². The number of hydrogen-bond donors (Lipinski definition) is 8. The number of aromatic nitrogens is 2. The molecule has 2 aliphatic rings. The molecule has 0 radical (unpaired) electrons. The third-order valence-corrected chi connectivity index (χ3v) is 8.04. The highest BCUT2D eigenvalue weighted by Gasteiger charge is 2.51. The maximum atomic E-state index is 12.2. The van der Waals surface area contributed by atoms with Crippen molar-refractivity contribution in [3.05, 3.63) is 33.1 Å². The maximum absolute atomic E-state index is 12.2. The molecule has 17 nitrogen and oxygen atoms in total. The van der Waals surface area contributed by atoms with E-state index in [1.165, 1.54) is 0 Å². The van der Waals surface area contributed by atoms with Gasteiger partial charge in [-0.3, -0.25) is 18.9 Å². The third kappa shape index (κ3) is 6.47. The minimum atomic E-state index is -5.05. The number of rotatable bonds is 10. The monoisotopic (exact) mass is 547 g/mol. The molecule has 1 aromatic rings. The molecule has 2 aliphatic heterocycles. The first-order chi connectivity index (χ1) is 16.3. The van der Waals surface area contributed by atoms with Crippen molar-refractivity contribution in [2.45, 2.75) is 55.1 Å². The van der Waals surface area contributed by atoms with Crippen molar-refractivity contribution >= 4 is 15.9 Å². The molecule has 0 amide bonds. The third-order valence-electron chi connectivity index (χ3n) is 5.35. The van der Waals surface area contributed by atoms with Gasteiger partial charge in [0.05, 0.1) is 13.2 Å². The number of aliphatic hydroxyl groups excluding tert-OH is 6. The summed E-state index contributed by atoms with van der Waals surface area (Å²) >= 11 is 0. The highest BCUT2D eigenvalue weighted by atomic mass is 31.2. The normalized spacial score (nSPS) is 36.1. The molecule has 0 aliphatic carbocycles. The summed E-state index contributed by atoms with van der Waals surface area (Å²) in [6.45, 7) is -1.64. The first-order valence-corrected chi connectivity index (χ1v) is 13.0. The van der Waals surface area contributed by atoms with E-state index in [1.54, 1.807) is 0 Å². The quantitative estimate of drug-likeness (QED) is 0.129. The first kappa shape index (κ1) is 28.1. The molecule has 0 aromatic carbocycles. The van der Waals surface area contributed by atoms with E-state index in [-0.39, 0.29) is 0 Å². The lowest BCUT2D eigenvalue weighted by molar-refractivity contribution is -0.0783. The van der Waals surface area contributed by atoms with Gasteiger partial charge in [-0.25, -0.2) is 9.36 Å². The van der Waals surface area contributed by atoms with Crippen molar-refractivity contribution < 1.29 is 63.0 Å². The molecule has 35 heavy (non-hydrogen) atoms. The minimum Gasteiger partial charge on any atom is -0.394 e. The van der Waals surface area contributed by atoms with Gasteiger partial charge in [0, 0.05) is 12.3 Å². The minimum absolute atomic E-state index is 0.686. The first-order valence-electron chi connectivity index (χ1n) is 10.1. The number of phosphoric ester groups is 1. The summed E-state index contributed by atoms with van der Waals surface area (Å²) in [5, 5.41) is 58.6. The van der Waals surface area contributed by atoms with Gasteiger partial charge in [-0.05, 0) is 8.88 Å². The van der Waals surface area contributed by atoms with E-state index in [4.69, 9.17) is 14.6 Å².